The van der Waals surface area contributed by atoms with Crippen molar-refractivity contribution in [3.8, 4) is 5.75 Å². The second-order valence-electron chi connectivity index (χ2n) is 4.34. The standard InChI is InChI=1S/C16H16BrNO2/c1-3-11-10-13(17)6-9-15(11)18-16(19)12-4-7-14(20-2)8-5-12/h4-10H,3H2,1-2H3,(H,18,19). The molecular weight excluding hydrogens is 318 g/mol. The van der Waals surface area contributed by atoms with Crippen LogP contribution in [0.4, 0.5) is 5.69 Å². The minimum atomic E-state index is -0.121. The fourth-order valence-electron chi connectivity index (χ4n) is 1.91. The van der Waals surface area contributed by atoms with E-state index in [4.69, 9.17) is 4.74 Å². The van der Waals surface area contributed by atoms with Crippen LogP contribution < -0.4 is 10.1 Å². The van der Waals surface area contributed by atoms with Gasteiger partial charge in [-0.1, -0.05) is 22.9 Å². The summed E-state index contributed by atoms with van der Waals surface area (Å²) in [6, 6.07) is 12.9. The lowest BCUT2D eigenvalue weighted by molar-refractivity contribution is 0.102. The number of methoxy groups -OCH3 is 1. The van der Waals surface area contributed by atoms with Gasteiger partial charge in [-0.15, -0.1) is 0 Å². The van der Waals surface area contributed by atoms with E-state index in [0.717, 1.165) is 27.9 Å². The Morgan fingerprint density at radius 1 is 1.20 bits per heavy atom. The minimum absolute atomic E-state index is 0.121. The van der Waals surface area contributed by atoms with E-state index in [1.165, 1.54) is 0 Å². The molecule has 0 heterocycles. The van der Waals surface area contributed by atoms with Crippen molar-refractivity contribution in [1.29, 1.82) is 0 Å². The average Bonchev–Trinajstić information content (AvgIpc) is 2.49. The molecule has 3 nitrogen and oxygen atoms in total. The molecule has 2 aromatic carbocycles. The van der Waals surface area contributed by atoms with Gasteiger partial charge in [0.25, 0.3) is 5.91 Å². The SMILES string of the molecule is CCc1cc(Br)ccc1NC(=O)c1ccc(OC)cc1. The molecule has 1 amide bonds. The van der Waals surface area contributed by atoms with Crippen LogP contribution in [-0.2, 0) is 6.42 Å². The fourth-order valence-corrected chi connectivity index (χ4v) is 2.32. The van der Waals surface area contributed by atoms with Gasteiger partial charge in [-0.05, 0) is 54.4 Å². The van der Waals surface area contributed by atoms with Crippen LogP contribution in [0.3, 0.4) is 0 Å². The van der Waals surface area contributed by atoms with Gasteiger partial charge in [-0.3, -0.25) is 4.79 Å². The third-order valence-electron chi connectivity index (χ3n) is 3.05. The van der Waals surface area contributed by atoms with Gasteiger partial charge in [-0.2, -0.15) is 0 Å². The predicted molar refractivity (Wildman–Crippen MR) is 84.5 cm³/mol. The van der Waals surface area contributed by atoms with Gasteiger partial charge < -0.3 is 10.1 Å². The highest BCUT2D eigenvalue weighted by Crippen LogP contribution is 2.22. The first-order chi connectivity index (χ1) is 9.63. The van der Waals surface area contributed by atoms with E-state index in [0.29, 0.717) is 5.56 Å². The lowest BCUT2D eigenvalue weighted by Crippen LogP contribution is -2.13. The third-order valence-corrected chi connectivity index (χ3v) is 3.54. The van der Waals surface area contributed by atoms with E-state index in [2.05, 4.69) is 28.2 Å². The largest absolute Gasteiger partial charge is 0.497 e. The van der Waals surface area contributed by atoms with Crippen LogP contribution >= 0.6 is 15.9 Å². The van der Waals surface area contributed by atoms with Crippen molar-refractivity contribution in [3.05, 3.63) is 58.1 Å². The summed E-state index contributed by atoms with van der Waals surface area (Å²) in [5, 5.41) is 2.94. The molecule has 2 rings (SSSR count). The Morgan fingerprint density at radius 2 is 1.90 bits per heavy atom. The minimum Gasteiger partial charge on any atom is -0.497 e. The number of hydrogen-bond acceptors (Lipinski definition) is 2. The van der Waals surface area contributed by atoms with E-state index in [-0.39, 0.29) is 5.91 Å². The summed E-state index contributed by atoms with van der Waals surface area (Å²) in [7, 11) is 1.60. The maximum absolute atomic E-state index is 12.2. The number of halogens is 1. The molecular formula is C16H16BrNO2. The second-order valence-corrected chi connectivity index (χ2v) is 5.25. The Balaban J connectivity index is 2.18. The number of carbonyl (C=O) groups is 1. The van der Waals surface area contributed by atoms with Crippen molar-refractivity contribution in [3.63, 3.8) is 0 Å². The predicted octanol–water partition coefficient (Wildman–Crippen LogP) is 4.27. The zero-order valence-corrected chi connectivity index (χ0v) is 13.0. The number of benzene rings is 2. The van der Waals surface area contributed by atoms with Crippen LogP contribution in [0.15, 0.2) is 46.9 Å². The van der Waals surface area contributed by atoms with Crippen LogP contribution in [0.25, 0.3) is 0 Å². The topological polar surface area (TPSA) is 38.3 Å². The quantitative estimate of drug-likeness (QED) is 0.907. The third kappa shape index (κ3) is 3.39. The molecule has 0 aliphatic carbocycles. The maximum Gasteiger partial charge on any atom is 0.255 e. The zero-order valence-electron chi connectivity index (χ0n) is 11.4. The first-order valence-corrected chi connectivity index (χ1v) is 7.17. The number of ether oxygens (including phenoxy) is 1. The molecule has 0 saturated heterocycles. The van der Waals surface area contributed by atoms with E-state index in [1.807, 2.05) is 18.2 Å². The van der Waals surface area contributed by atoms with Crippen molar-refractivity contribution in [1.82, 2.24) is 0 Å². The maximum atomic E-state index is 12.2. The van der Waals surface area contributed by atoms with E-state index >= 15 is 0 Å². The molecule has 4 heteroatoms. The summed E-state index contributed by atoms with van der Waals surface area (Å²) in [5.41, 5.74) is 2.55. The van der Waals surface area contributed by atoms with Gasteiger partial charge in [0.2, 0.25) is 0 Å². The van der Waals surface area contributed by atoms with Gasteiger partial charge in [0, 0.05) is 15.7 Å². The van der Waals surface area contributed by atoms with Crippen molar-refractivity contribution in [2.45, 2.75) is 13.3 Å². The molecule has 0 unspecified atom stereocenters. The van der Waals surface area contributed by atoms with Crippen LogP contribution in [0.5, 0.6) is 5.75 Å². The normalized spacial score (nSPS) is 10.2. The number of carbonyl (C=O) groups excluding carboxylic acids is 1. The molecule has 104 valence electrons. The monoisotopic (exact) mass is 333 g/mol. The molecule has 1 N–H and O–H groups in total. The van der Waals surface area contributed by atoms with Crippen molar-refractivity contribution in [2.24, 2.45) is 0 Å². The Kier molecular flexibility index (Phi) is 4.79. The van der Waals surface area contributed by atoms with Gasteiger partial charge in [-0.25, -0.2) is 0 Å². The van der Waals surface area contributed by atoms with Crippen molar-refractivity contribution < 1.29 is 9.53 Å². The fraction of sp³-hybridized carbons (Fsp3) is 0.188. The molecule has 20 heavy (non-hydrogen) atoms. The van der Waals surface area contributed by atoms with Gasteiger partial charge in [0.15, 0.2) is 0 Å². The summed E-state index contributed by atoms with van der Waals surface area (Å²) in [4.78, 5) is 12.2. The molecule has 0 fully saturated rings. The Labute approximate surface area is 127 Å². The number of aryl methyl sites for hydroxylation is 1. The number of amides is 1. The smallest absolute Gasteiger partial charge is 0.255 e. The van der Waals surface area contributed by atoms with Crippen LogP contribution in [0.2, 0.25) is 0 Å². The highest BCUT2D eigenvalue weighted by Gasteiger charge is 2.09. The van der Waals surface area contributed by atoms with Crippen molar-refractivity contribution in [2.75, 3.05) is 12.4 Å². The molecule has 0 bridgehead atoms. The highest BCUT2D eigenvalue weighted by molar-refractivity contribution is 9.10. The summed E-state index contributed by atoms with van der Waals surface area (Å²) < 4.78 is 6.09. The Morgan fingerprint density at radius 3 is 2.50 bits per heavy atom. The van der Waals surface area contributed by atoms with E-state index in [9.17, 15) is 4.79 Å². The highest BCUT2D eigenvalue weighted by atomic mass is 79.9. The lowest BCUT2D eigenvalue weighted by atomic mass is 10.1. The molecule has 0 radical (unpaired) electrons. The first kappa shape index (κ1) is 14.6. The molecule has 0 atom stereocenters. The molecule has 0 saturated carbocycles. The van der Waals surface area contributed by atoms with E-state index < -0.39 is 0 Å². The number of hydrogen-bond donors (Lipinski definition) is 1. The van der Waals surface area contributed by atoms with Gasteiger partial charge in [0.05, 0.1) is 7.11 Å². The summed E-state index contributed by atoms with van der Waals surface area (Å²) in [5.74, 6) is 0.615. The molecule has 0 aliphatic rings. The van der Waals surface area contributed by atoms with Gasteiger partial charge in [0.1, 0.15) is 5.75 Å². The van der Waals surface area contributed by atoms with Crippen molar-refractivity contribution >= 4 is 27.5 Å². The lowest BCUT2D eigenvalue weighted by Gasteiger charge is -2.10. The van der Waals surface area contributed by atoms with Crippen LogP contribution in [-0.4, -0.2) is 13.0 Å². The van der Waals surface area contributed by atoms with Crippen LogP contribution in [0, 0.1) is 0 Å². The number of anilines is 1. The van der Waals surface area contributed by atoms with Crippen LogP contribution in [0.1, 0.15) is 22.8 Å². The number of rotatable bonds is 4. The molecule has 0 aromatic heterocycles. The van der Waals surface area contributed by atoms with Gasteiger partial charge >= 0.3 is 0 Å². The van der Waals surface area contributed by atoms with E-state index in [1.54, 1.807) is 31.4 Å². The molecule has 2 aromatic rings. The number of nitrogens with one attached hydrogen (secondary N) is 1. The zero-order chi connectivity index (χ0) is 14.5. The first-order valence-electron chi connectivity index (χ1n) is 6.38. The average molecular weight is 334 g/mol. The Hall–Kier alpha value is -1.81. The molecule has 0 aliphatic heterocycles. The molecule has 0 spiro atoms. The summed E-state index contributed by atoms with van der Waals surface area (Å²) in [6.07, 6.45) is 0.859. The Bertz CT molecular complexity index is 608. The second kappa shape index (κ2) is 6.57. The summed E-state index contributed by atoms with van der Waals surface area (Å²) >= 11 is 3.44. The summed E-state index contributed by atoms with van der Waals surface area (Å²) in [6.45, 7) is 2.06.